The van der Waals surface area contributed by atoms with Crippen LogP contribution < -0.4 is 0 Å². The molecule has 0 saturated carbocycles. The number of benzene rings is 4. The van der Waals surface area contributed by atoms with Crippen molar-refractivity contribution in [3.63, 3.8) is 0 Å². The lowest BCUT2D eigenvalue weighted by atomic mass is 9.66. The van der Waals surface area contributed by atoms with Gasteiger partial charge in [0.1, 0.15) is 0 Å². The molecule has 0 radical (unpaired) electrons. The lowest BCUT2D eigenvalue weighted by Gasteiger charge is -2.53. The van der Waals surface area contributed by atoms with Crippen LogP contribution in [0.1, 0.15) is 154 Å². The zero-order chi connectivity index (χ0) is 53.6. The normalized spacial score (nSPS) is 23.6. The molecular weight excluding hydrogens is 1010 g/mol. The molecule has 0 spiro atoms. The van der Waals surface area contributed by atoms with E-state index in [2.05, 4.69) is 27.7 Å². The Morgan fingerprint density at radius 3 is 1.26 bits per heavy atom. The number of aliphatic carboxylic acids is 2. The summed E-state index contributed by atoms with van der Waals surface area (Å²) in [6, 6.07) is 28.5. The third-order valence-corrected chi connectivity index (χ3v) is 17.9. The van der Waals surface area contributed by atoms with Gasteiger partial charge in [-0.15, -0.1) is 0 Å². The molecule has 392 valence electrons. The van der Waals surface area contributed by atoms with Crippen LogP contribution in [0.4, 0.5) is 0 Å². The molecule has 15 heteroatoms. The van der Waals surface area contributed by atoms with Crippen LogP contribution in [0, 0.1) is 28.6 Å². The van der Waals surface area contributed by atoms with Crippen molar-refractivity contribution in [2.24, 2.45) is 28.6 Å². The highest BCUT2D eigenvalue weighted by atomic mass is 35.5. The molecule has 8 atom stereocenters. The second-order valence-electron chi connectivity index (χ2n) is 21.9. The maximum Gasteiger partial charge on any atom is 0.304 e. The first-order chi connectivity index (χ1) is 33.6. The summed E-state index contributed by atoms with van der Waals surface area (Å²) in [7, 11) is -3.53. The van der Waals surface area contributed by atoms with Crippen molar-refractivity contribution >= 4 is 80.0 Å². The van der Waals surface area contributed by atoms with E-state index in [4.69, 9.17) is 46.4 Å². The van der Waals surface area contributed by atoms with Gasteiger partial charge in [0.05, 0.1) is 46.8 Å². The van der Waals surface area contributed by atoms with Crippen molar-refractivity contribution in [2.45, 2.75) is 149 Å². The van der Waals surface area contributed by atoms with E-state index in [9.17, 15) is 37.8 Å². The monoisotopic (exact) mass is 1080 g/mol. The van der Waals surface area contributed by atoms with Crippen LogP contribution in [0.3, 0.4) is 0 Å². The summed E-state index contributed by atoms with van der Waals surface area (Å²) in [5.41, 5.74) is 1.41. The number of carbonyl (C=O) groups is 4. The summed E-state index contributed by atoms with van der Waals surface area (Å²) < 4.78 is 26.3. The fourth-order valence-corrected chi connectivity index (χ4v) is 12.9. The highest BCUT2D eigenvalue weighted by Gasteiger charge is 2.55. The highest BCUT2D eigenvalue weighted by Crippen LogP contribution is 2.54. The average Bonchev–Trinajstić information content (AvgIpc) is 3.28. The molecule has 2 aliphatic rings. The smallest absolute Gasteiger partial charge is 0.304 e. The number of carboxylic acid groups (broad SMARTS) is 2. The van der Waals surface area contributed by atoms with Crippen LogP contribution in [-0.2, 0) is 29.0 Å². The Morgan fingerprint density at radius 2 is 0.944 bits per heavy atom. The third kappa shape index (κ3) is 14.2. The summed E-state index contributed by atoms with van der Waals surface area (Å²) in [5.74, 6) is -2.64. The molecule has 10 nitrogen and oxygen atoms in total. The number of halogens is 4. The van der Waals surface area contributed by atoms with Crippen LogP contribution >= 0.6 is 46.4 Å². The molecule has 2 N–H and O–H groups in total. The topological polar surface area (TPSA) is 149 Å². The van der Waals surface area contributed by atoms with Gasteiger partial charge in [0.2, 0.25) is 11.8 Å². The predicted octanol–water partition coefficient (Wildman–Crippen LogP) is 14.4. The van der Waals surface area contributed by atoms with Crippen LogP contribution in [0.25, 0.3) is 0 Å². The van der Waals surface area contributed by atoms with Gasteiger partial charge in [0, 0.05) is 44.0 Å². The molecule has 2 amide bonds. The number of rotatable bonds is 18. The molecular formula is C57H72Cl4N2O8S. The fourth-order valence-electron chi connectivity index (χ4n) is 10.8. The van der Waals surface area contributed by atoms with Gasteiger partial charge in [-0.3, -0.25) is 19.2 Å². The second-order valence-corrected chi connectivity index (χ2v) is 26.2. The standard InChI is InChI=1S/C29H37Cl2NO3.C28H35Cl2NO5S/c1-18(2)9-14-25(19(3)4)32-27(20-10-12-22(30)13-11-20)24(21-7-6-8-23(31)15-21)16-29(5,28(32)35)17-26(33)34;1-17(2)24(16-37(35,36)18(3)4)31-26(19-9-11-21(29)12-10-19)23(20-7-6-8-22(30)13-20)14-28(5,27(31)34)15-25(32)33/h6-8,10-13,15,18-19,24-25,27H,9,14,16-17H2,1-5H3,(H,33,34);6-13,17-18,23-24,26H,14-16H2,1-5H3,(H,32,33)/t24?,25-,27-,29-;23?,24-,26-,28-/m11/s1. The van der Waals surface area contributed by atoms with Gasteiger partial charge in [-0.2, -0.15) is 0 Å². The Kier molecular flexibility index (Phi) is 20.0. The van der Waals surface area contributed by atoms with Crippen LogP contribution in [0.5, 0.6) is 0 Å². The van der Waals surface area contributed by atoms with E-state index in [0.29, 0.717) is 32.4 Å². The second kappa shape index (κ2) is 24.5. The molecule has 2 fully saturated rings. The molecule has 4 aromatic rings. The fraction of sp³-hybridized carbons (Fsp3) is 0.509. The molecule has 0 bridgehead atoms. The quantitative estimate of drug-likeness (QED) is 0.100. The number of hydrogen-bond acceptors (Lipinski definition) is 6. The first kappa shape index (κ1) is 58.8. The first-order valence-electron chi connectivity index (χ1n) is 24.9. The minimum Gasteiger partial charge on any atom is -0.481 e. The molecule has 72 heavy (non-hydrogen) atoms. The number of likely N-dealkylation sites (tertiary alicyclic amines) is 2. The number of sulfone groups is 1. The molecule has 4 aromatic carbocycles. The van der Waals surface area contributed by atoms with E-state index in [-0.39, 0.29) is 72.6 Å². The van der Waals surface area contributed by atoms with Crippen LogP contribution in [0.2, 0.25) is 20.1 Å². The Balaban J connectivity index is 0.000000268. The van der Waals surface area contributed by atoms with E-state index in [1.54, 1.807) is 43.9 Å². The summed E-state index contributed by atoms with van der Waals surface area (Å²) in [4.78, 5) is 56.1. The van der Waals surface area contributed by atoms with E-state index in [0.717, 1.165) is 35.1 Å². The minimum atomic E-state index is -3.53. The Labute approximate surface area is 447 Å². The molecule has 2 saturated heterocycles. The van der Waals surface area contributed by atoms with Crippen molar-refractivity contribution in [3.05, 3.63) is 139 Å². The van der Waals surface area contributed by atoms with E-state index in [1.807, 2.05) is 105 Å². The predicted molar refractivity (Wildman–Crippen MR) is 291 cm³/mol. The van der Waals surface area contributed by atoms with E-state index < -0.39 is 49.9 Å². The zero-order valence-electron chi connectivity index (χ0n) is 43.1. The number of carbonyl (C=O) groups excluding carboxylic acids is 2. The number of nitrogens with zero attached hydrogens (tertiary/aromatic N) is 2. The number of piperidine rings is 2. The van der Waals surface area contributed by atoms with Gasteiger partial charge in [-0.25, -0.2) is 8.42 Å². The Hall–Kier alpha value is -4.13. The van der Waals surface area contributed by atoms with E-state index in [1.165, 1.54) is 0 Å². The molecule has 2 heterocycles. The number of hydrogen-bond donors (Lipinski definition) is 2. The number of carboxylic acids is 2. The van der Waals surface area contributed by atoms with Crippen molar-refractivity contribution in [2.75, 3.05) is 5.75 Å². The SMILES string of the molecule is CC(C)CC[C@H](C(C)C)N1C(=O)[C@@](C)(CC(=O)O)CC(c2cccc(Cl)c2)[C@H]1c1ccc(Cl)cc1.CC(C)[C@@H](CS(=O)(=O)C(C)C)N1C(=O)[C@@](C)(CC(=O)O)CC(c2cccc(Cl)c2)[C@H]1c1ccc(Cl)cc1. The summed E-state index contributed by atoms with van der Waals surface area (Å²) in [6.07, 6.45) is 1.96. The maximum atomic E-state index is 14.3. The molecule has 6 rings (SSSR count). The largest absolute Gasteiger partial charge is 0.481 e. The van der Waals surface area contributed by atoms with Crippen molar-refractivity contribution in [3.8, 4) is 0 Å². The Morgan fingerprint density at radius 1 is 0.569 bits per heavy atom. The van der Waals surface area contributed by atoms with Gasteiger partial charge in [0.25, 0.3) is 0 Å². The van der Waals surface area contributed by atoms with Gasteiger partial charge in [-0.05, 0) is 128 Å². The van der Waals surface area contributed by atoms with Crippen molar-refractivity contribution < 1.29 is 37.8 Å². The van der Waals surface area contributed by atoms with Crippen LogP contribution in [-0.4, -0.2) is 75.3 Å². The lowest BCUT2D eigenvalue weighted by Crippen LogP contribution is -2.59. The Bertz CT molecular complexity index is 2640. The van der Waals surface area contributed by atoms with E-state index >= 15 is 0 Å². The van der Waals surface area contributed by atoms with Crippen LogP contribution in [0.15, 0.2) is 97.1 Å². The highest BCUT2D eigenvalue weighted by molar-refractivity contribution is 7.92. The van der Waals surface area contributed by atoms with Gasteiger partial charge in [0.15, 0.2) is 9.84 Å². The minimum absolute atomic E-state index is 0.0271. The van der Waals surface area contributed by atoms with Gasteiger partial charge < -0.3 is 20.0 Å². The van der Waals surface area contributed by atoms with Gasteiger partial charge >= 0.3 is 11.9 Å². The maximum absolute atomic E-state index is 14.3. The van der Waals surface area contributed by atoms with Crippen molar-refractivity contribution in [1.82, 2.24) is 9.80 Å². The summed E-state index contributed by atoms with van der Waals surface area (Å²) in [6.45, 7) is 19.2. The lowest BCUT2D eigenvalue weighted by molar-refractivity contribution is -0.162. The zero-order valence-corrected chi connectivity index (χ0v) is 47.0. The first-order valence-corrected chi connectivity index (χ1v) is 28.1. The van der Waals surface area contributed by atoms with Gasteiger partial charge in [-0.1, -0.05) is 150 Å². The third-order valence-electron chi connectivity index (χ3n) is 14.7. The summed E-state index contributed by atoms with van der Waals surface area (Å²) in [5, 5.41) is 21.2. The number of amides is 2. The molecule has 0 aliphatic carbocycles. The van der Waals surface area contributed by atoms with Crippen molar-refractivity contribution in [1.29, 1.82) is 0 Å². The molecule has 2 aliphatic heterocycles. The molecule has 2 unspecified atom stereocenters. The molecule has 0 aromatic heterocycles. The summed E-state index contributed by atoms with van der Waals surface area (Å²) >= 11 is 25.2. The average molecular weight is 1090 g/mol.